The highest BCUT2D eigenvalue weighted by Crippen LogP contribution is 2.23. The van der Waals surface area contributed by atoms with Crippen molar-refractivity contribution in [3.63, 3.8) is 0 Å². The summed E-state index contributed by atoms with van der Waals surface area (Å²) in [5, 5.41) is 0. The van der Waals surface area contributed by atoms with E-state index >= 15 is 0 Å². The third-order valence-electron chi connectivity index (χ3n) is 4.10. The van der Waals surface area contributed by atoms with Crippen molar-refractivity contribution in [3.05, 3.63) is 84.2 Å². The minimum Gasteiger partial charge on any atom is -0.341 e. The standard InChI is InChI=1S/C19H21BN2/c1-15(2)22-14-13-21-19(22)20-18(16-9-5-3-6-10-16)17-11-7-4-8-12-17/h3-15,18,20H,1-2H3. The van der Waals surface area contributed by atoms with Crippen molar-refractivity contribution in [1.82, 2.24) is 9.55 Å². The van der Waals surface area contributed by atoms with Crippen LogP contribution in [0.1, 0.15) is 36.8 Å². The van der Waals surface area contributed by atoms with Gasteiger partial charge >= 0.3 is 0 Å². The molecule has 0 fully saturated rings. The van der Waals surface area contributed by atoms with Gasteiger partial charge in [-0.2, -0.15) is 0 Å². The van der Waals surface area contributed by atoms with E-state index in [-0.39, 0.29) is 0 Å². The van der Waals surface area contributed by atoms with E-state index in [0.29, 0.717) is 11.9 Å². The van der Waals surface area contributed by atoms with Crippen molar-refractivity contribution < 1.29 is 0 Å². The van der Waals surface area contributed by atoms with E-state index in [1.807, 2.05) is 6.20 Å². The number of imidazole rings is 1. The maximum atomic E-state index is 4.59. The predicted octanol–water partition coefficient (Wildman–Crippen LogP) is 3.32. The Morgan fingerprint density at radius 2 is 1.41 bits per heavy atom. The summed E-state index contributed by atoms with van der Waals surface area (Å²) in [7, 11) is 0.916. The zero-order valence-electron chi connectivity index (χ0n) is 13.2. The minimum atomic E-state index is 0.335. The van der Waals surface area contributed by atoms with Gasteiger partial charge in [0, 0.05) is 18.4 Å². The smallest absolute Gasteiger partial charge is 0.217 e. The van der Waals surface area contributed by atoms with Crippen molar-refractivity contribution >= 4 is 13.0 Å². The lowest BCUT2D eigenvalue weighted by Crippen LogP contribution is -2.32. The molecule has 0 aliphatic rings. The number of rotatable bonds is 5. The van der Waals surface area contributed by atoms with Gasteiger partial charge in [0.15, 0.2) is 0 Å². The number of nitrogens with zero attached hydrogens (tertiary/aromatic N) is 2. The highest BCUT2D eigenvalue weighted by Gasteiger charge is 2.19. The summed E-state index contributed by atoms with van der Waals surface area (Å²) in [5.41, 5.74) is 3.83. The lowest BCUT2D eigenvalue weighted by molar-refractivity contribution is 0.614. The Balaban J connectivity index is 1.98. The van der Waals surface area contributed by atoms with Gasteiger partial charge in [-0.1, -0.05) is 60.7 Å². The molecule has 3 heteroatoms. The fraction of sp³-hybridized carbons (Fsp3) is 0.211. The molecule has 0 radical (unpaired) electrons. The van der Waals surface area contributed by atoms with Crippen LogP contribution in [-0.2, 0) is 0 Å². The van der Waals surface area contributed by atoms with E-state index in [9.17, 15) is 0 Å². The summed E-state index contributed by atoms with van der Waals surface area (Å²) in [6, 6.07) is 21.9. The molecule has 0 spiro atoms. The third kappa shape index (κ3) is 3.14. The maximum absolute atomic E-state index is 4.59. The van der Waals surface area contributed by atoms with E-state index in [1.165, 1.54) is 11.1 Å². The van der Waals surface area contributed by atoms with Crippen LogP contribution in [0.15, 0.2) is 73.1 Å². The summed E-state index contributed by atoms with van der Waals surface area (Å²) < 4.78 is 2.26. The SMILES string of the molecule is CC(C)n1ccnc1BC(c1ccccc1)c1ccccc1. The van der Waals surface area contributed by atoms with E-state index in [0.717, 1.165) is 13.0 Å². The largest absolute Gasteiger partial charge is 0.341 e. The topological polar surface area (TPSA) is 17.8 Å². The summed E-state index contributed by atoms with van der Waals surface area (Å²) in [6.07, 6.45) is 3.98. The monoisotopic (exact) mass is 288 g/mol. The number of hydrogen-bond donors (Lipinski definition) is 0. The summed E-state index contributed by atoms with van der Waals surface area (Å²) in [5.74, 6) is 0.335. The molecule has 2 nitrogen and oxygen atoms in total. The van der Waals surface area contributed by atoms with Gasteiger partial charge in [0.2, 0.25) is 7.28 Å². The number of hydrogen-bond acceptors (Lipinski definition) is 1. The second-order valence-corrected chi connectivity index (χ2v) is 5.92. The Bertz CT molecular complexity index is 665. The second-order valence-electron chi connectivity index (χ2n) is 5.92. The molecule has 0 aliphatic heterocycles. The molecule has 0 amide bonds. The van der Waals surface area contributed by atoms with Crippen molar-refractivity contribution in [1.29, 1.82) is 0 Å². The van der Waals surface area contributed by atoms with Crippen LogP contribution in [0.2, 0.25) is 0 Å². The van der Waals surface area contributed by atoms with Crippen LogP contribution >= 0.6 is 0 Å². The Hall–Kier alpha value is -2.29. The van der Waals surface area contributed by atoms with Crippen LogP contribution in [0.5, 0.6) is 0 Å². The van der Waals surface area contributed by atoms with Crippen LogP contribution in [-0.4, -0.2) is 16.8 Å². The Morgan fingerprint density at radius 1 is 0.864 bits per heavy atom. The number of benzene rings is 2. The summed E-state index contributed by atoms with van der Waals surface area (Å²) in [6.45, 7) is 4.40. The first-order valence-corrected chi connectivity index (χ1v) is 7.87. The van der Waals surface area contributed by atoms with Crippen LogP contribution in [0, 0.1) is 0 Å². The molecule has 1 heterocycles. The van der Waals surface area contributed by atoms with Gasteiger partial charge in [0.25, 0.3) is 0 Å². The lowest BCUT2D eigenvalue weighted by atomic mass is 9.58. The first-order valence-electron chi connectivity index (χ1n) is 7.87. The Labute approximate surface area is 133 Å². The van der Waals surface area contributed by atoms with E-state index in [1.54, 1.807) is 0 Å². The summed E-state index contributed by atoms with van der Waals surface area (Å²) in [4.78, 5) is 4.59. The highest BCUT2D eigenvalue weighted by atomic mass is 15.1. The molecule has 3 aromatic rings. The minimum absolute atomic E-state index is 0.335. The van der Waals surface area contributed by atoms with Crippen molar-refractivity contribution in [2.24, 2.45) is 0 Å². The highest BCUT2D eigenvalue weighted by molar-refractivity contribution is 6.54. The van der Waals surface area contributed by atoms with E-state index < -0.39 is 0 Å². The van der Waals surface area contributed by atoms with Gasteiger partial charge in [-0.15, -0.1) is 0 Å². The molecule has 0 bridgehead atoms. The Kier molecular flexibility index (Phi) is 4.43. The van der Waals surface area contributed by atoms with Gasteiger partial charge < -0.3 is 4.57 Å². The quantitative estimate of drug-likeness (QED) is 0.659. The first-order chi connectivity index (χ1) is 10.8. The van der Waals surface area contributed by atoms with Gasteiger partial charge in [0.05, 0.1) is 5.72 Å². The van der Waals surface area contributed by atoms with Gasteiger partial charge in [-0.25, -0.2) is 0 Å². The summed E-state index contributed by atoms with van der Waals surface area (Å²) >= 11 is 0. The van der Waals surface area contributed by atoms with Crippen molar-refractivity contribution in [2.75, 3.05) is 0 Å². The van der Waals surface area contributed by atoms with E-state index in [2.05, 4.69) is 90.3 Å². The molecule has 0 saturated carbocycles. The molecule has 0 N–H and O–H groups in total. The van der Waals surface area contributed by atoms with Gasteiger partial charge in [-0.3, -0.25) is 4.98 Å². The third-order valence-corrected chi connectivity index (χ3v) is 4.10. The van der Waals surface area contributed by atoms with E-state index in [4.69, 9.17) is 0 Å². The van der Waals surface area contributed by atoms with Crippen molar-refractivity contribution in [2.45, 2.75) is 25.7 Å². The predicted molar refractivity (Wildman–Crippen MR) is 94.1 cm³/mol. The molecule has 3 rings (SSSR count). The van der Waals surface area contributed by atoms with Crippen LogP contribution in [0.4, 0.5) is 0 Å². The fourth-order valence-electron chi connectivity index (χ4n) is 2.95. The molecule has 0 saturated heterocycles. The molecule has 2 aromatic carbocycles. The molecular weight excluding hydrogens is 267 g/mol. The average molecular weight is 288 g/mol. The average Bonchev–Trinajstić information content (AvgIpc) is 3.03. The van der Waals surface area contributed by atoms with Gasteiger partial charge in [0.1, 0.15) is 0 Å². The molecule has 0 aliphatic carbocycles. The fourth-order valence-corrected chi connectivity index (χ4v) is 2.95. The van der Waals surface area contributed by atoms with Crippen LogP contribution in [0.25, 0.3) is 0 Å². The first kappa shape index (κ1) is 14.6. The zero-order valence-corrected chi connectivity index (χ0v) is 13.2. The lowest BCUT2D eigenvalue weighted by Gasteiger charge is -2.19. The molecular formula is C19H21BN2. The van der Waals surface area contributed by atoms with Crippen LogP contribution < -0.4 is 5.72 Å². The Morgan fingerprint density at radius 3 is 1.91 bits per heavy atom. The maximum Gasteiger partial charge on any atom is 0.217 e. The van der Waals surface area contributed by atoms with Crippen LogP contribution in [0.3, 0.4) is 0 Å². The second kappa shape index (κ2) is 6.65. The molecule has 1 aromatic heterocycles. The molecule has 0 atom stereocenters. The molecule has 110 valence electrons. The molecule has 0 unspecified atom stereocenters. The van der Waals surface area contributed by atoms with Crippen molar-refractivity contribution in [3.8, 4) is 0 Å². The normalized spacial score (nSPS) is 11.1. The number of aromatic nitrogens is 2. The van der Waals surface area contributed by atoms with Gasteiger partial charge in [-0.05, 0) is 30.8 Å². The zero-order chi connectivity index (χ0) is 15.4. The molecule has 22 heavy (non-hydrogen) atoms.